The van der Waals surface area contributed by atoms with E-state index in [9.17, 15) is 53.1 Å². The highest BCUT2D eigenvalue weighted by molar-refractivity contribution is 8.01. The standard InChI is InChI=1S/C52H69FN6O15S.CH4O/c1-8-9-11-26(2)75-36-24-38(61)58(52(36)69)18-16-37(60)55-27(3)49(66)56-28(4)51(68)57(6)19-17-54-50(67)30-22-32-42(35(23-30)74-40-15-14-33(29(5)72-40)73-39-25-71-21-20-59(39)53)48(65)44-43(46(32)63)45(62)31-12-10-13-34(70-7)41(31)47(44)64;1-2/h10,12-13,26-30,33,35-36,39-40,63,65H,8-9,11,14-25H2,1-7H3,(H,54,67)(H,55,60)(H,56,66);2H,1H3/t26?,27?,28-,29-,30?,33-,35-,36?,39?,40?;/m0./s1. The van der Waals surface area contributed by atoms with Crippen LogP contribution in [0.2, 0.25) is 0 Å². The fraction of sp³-hybridized carbons (Fsp3) is 0.623. The maximum Gasteiger partial charge on any atom is 0.244 e. The van der Waals surface area contributed by atoms with Crippen molar-refractivity contribution in [2.24, 2.45) is 5.92 Å². The normalized spacial score (nSPS) is 24.3. The molecule has 0 saturated carbocycles. The van der Waals surface area contributed by atoms with Crippen molar-refractivity contribution in [1.82, 2.24) is 30.9 Å². The molecule has 6 N–H and O–H groups in total. The van der Waals surface area contributed by atoms with Gasteiger partial charge in [0.15, 0.2) is 18.3 Å². The van der Waals surface area contributed by atoms with Crippen LogP contribution < -0.4 is 20.7 Å². The predicted octanol–water partition coefficient (Wildman–Crippen LogP) is 2.98. The van der Waals surface area contributed by atoms with Crippen LogP contribution in [0.5, 0.6) is 17.2 Å². The van der Waals surface area contributed by atoms with Gasteiger partial charge in [0.05, 0.1) is 67.1 Å². The monoisotopic (exact) mass is 1100 g/mol. The summed E-state index contributed by atoms with van der Waals surface area (Å²) in [6.45, 7) is 8.90. The summed E-state index contributed by atoms with van der Waals surface area (Å²) >= 11 is 1.47. The number of likely N-dealkylation sites (N-methyl/N-ethyl adjacent to an activating group) is 1. The number of amides is 6. The minimum Gasteiger partial charge on any atom is -0.507 e. The highest BCUT2D eigenvalue weighted by Crippen LogP contribution is 2.52. The molecule has 2 aliphatic carbocycles. The number of ether oxygens (including phenoxy) is 5. The molecule has 3 saturated heterocycles. The van der Waals surface area contributed by atoms with Crippen molar-refractivity contribution in [3.05, 3.63) is 51.6 Å². The number of fused-ring (bicyclic) bond motifs is 3. The number of methoxy groups -OCH3 is 1. The molecule has 22 nitrogen and oxygen atoms in total. The van der Waals surface area contributed by atoms with E-state index in [1.54, 1.807) is 6.92 Å². The Hall–Kier alpha value is -5.76. The summed E-state index contributed by atoms with van der Waals surface area (Å²) in [6.07, 6.45) is -0.933. The maximum absolute atomic E-state index is 14.5. The van der Waals surface area contributed by atoms with E-state index in [-0.39, 0.29) is 117 Å². The van der Waals surface area contributed by atoms with Crippen molar-refractivity contribution in [2.45, 2.75) is 146 Å². The number of aliphatic hydroxyl groups is 1. The molecule has 0 aromatic heterocycles. The molecule has 6 unspecified atom stereocenters. The molecule has 0 radical (unpaired) electrons. The van der Waals surface area contributed by atoms with Crippen LogP contribution in [-0.4, -0.2) is 185 Å². The lowest BCUT2D eigenvalue weighted by atomic mass is 9.74. The number of hydrogen-bond acceptors (Lipinski definition) is 18. The number of nitrogens with zero attached hydrogens (tertiary/aromatic N) is 3. The highest BCUT2D eigenvalue weighted by atomic mass is 32.2. The molecular formula is C53H73FN6O16S. The number of aromatic hydroxyl groups is 2. The van der Waals surface area contributed by atoms with E-state index in [0.717, 1.165) is 31.3 Å². The van der Waals surface area contributed by atoms with Crippen LogP contribution >= 0.6 is 11.8 Å². The average Bonchev–Trinajstić information content (AvgIpc) is 3.76. The lowest BCUT2D eigenvalue weighted by Gasteiger charge is -2.40. The van der Waals surface area contributed by atoms with Crippen LogP contribution in [0.1, 0.15) is 135 Å². The molecule has 3 aliphatic heterocycles. The Morgan fingerprint density at radius 1 is 0.961 bits per heavy atom. The molecule has 24 heteroatoms. The smallest absolute Gasteiger partial charge is 0.244 e. The van der Waals surface area contributed by atoms with E-state index in [0.29, 0.717) is 11.5 Å². The summed E-state index contributed by atoms with van der Waals surface area (Å²) < 4.78 is 44.0. The van der Waals surface area contributed by atoms with Crippen molar-refractivity contribution in [3.63, 3.8) is 0 Å². The quantitative estimate of drug-likeness (QED) is 0.0508. The number of aliphatic hydroxyl groups excluding tert-OH is 1. The van der Waals surface area contributed by atoms with Crippen molar-refractivity contribution >= 4 is 58.8 Å². The first-order valence-corrected chi connectivity index (χ1v) is 27.1. The first-order valence-electron chi connectivity index (χ1n) is 26.1. The molecule has 6 amide bonds. The van der Waals surface area contributed by atoms with Crippen LogP contribution in [0, 0.1) is 5.92 Å². The van der Waals surface area contributed by atoms with Crippen molar-refractivity contribution in [1.29, 1.82) is 0 Å². The van der Waals surface area contributed by atoms with Crippen molar-refractivity contribution in [2.75, 3.05) is 60.7 Å². The Balaban J connectivity index is 0.00000475. The van der Waals surface area contributed by atoms with Gasteiger partial charge in [-0.1, -0.05) is 38.8 Å². The number of rotatable bonds is 21. The van der Waals surface area contributed by atoms with Crippen LogP contribution in [-0.2, 0) is 54.1 Å². The van der Waals surface area contributed by atoms with Crippen molar-refractivity contribution in [3.8, 4) is 17.2 Å². The number of benzene rings is 2. The van der Waals surface area contributed by atoms with Gasteiger partial charge in [0, 0.05) is 80.9 Å². The molecule has 7 rings (SSSR count). The zero-order valence-electron chi connectivity index (χ0n) is 44.9. The third kappa shape index (κ3) is 13.9. The van der Waals surface area contributed by atoms with Gasteiger partial charge in [-0.15, -0.1) is 21.4 Å². The largest absolute Gasteiger partial charge is 0.507 e. The third-order valence-electron chi connectivity index (χ3n) is 14.4. The number of carbonyl (C=O) groups excluding carboxylic acids is 8. The van der Waals surface area contributed by atoms with Gasteiger partial charge in [0.1, 0.15) is 29.3 Å². The molecule has 3 fully saturated rings. The van der Waals surface area contributed by atoms with E-state index in [1.807, 2.05) is 6.92 Å². The molecule has 10 atom stereocenters. The molecule has 77 heavy (non-hydrogen) atoms. The van der Waals surface area contributed by atoms with Gasteiger partial charge in [-0.2, -0.15) is 0 Å². The number of morpholine rings is 1. The van der Waals surface area contributed by atoms with E-state index < -0.39 is 112 Å². The number of hydrogen-bond donors (Lipinski definition) is 6. The fourth-order valence-electron chi connectivity index (χ4n) is 10.2. The zero-order chi connectivity index (χ0) is 56.4. The lowest BCUT2D eigenvalue weighted by Crippen LogP contribution is -2.52. The molecule has 2 aromatic rings. The molecule has 0 spiro atoms. The van der Waals surface area contributed by atoms with Crippen LogP contribution in [0.4, 0.5) is 4.48 Å². The van der Waals surface area contributed by atoms with Gasteiger partial charge >= 0.3 is 0 Å². The van der Waals surface area contributed by atoms with Crippen molar-refractivity contribution < 1.29 is 81.8 Å². The van der Waals surface area contributed by atoms with E-state index in [1.165, 1.54) is 62.9 Å². The Morgan fingerprint density at radius 3 is 2.38 bits per heavy atom. The number of unbranched alkanes of at least 4 members (excludes halogenated alkanes) is 1. The molecular weight excluding hydrogens is 1030 g/mol. The van der Waals surface area contributed by atoms with Crippen LogP contribution in [0.3, 0.4) is 0 Å². The molecule has 2 aromatic carbocycles. The van der Waals surface area contributed by atoms with Crippen LogP contribution in [0.15, 0.2) is 18.2 Å². The van der Waals surface area contributed by atoms with Gasteiger partial charge in [-0.25, -0.2) is 0 Å². The predicted molar refractivity (Wildman–Crippen MR) is 276 cm³/mol. The lowest BCUT2D eigenvalue weighted by molar-refractivity contribution is -0.283. The number of nitrogens with one attached hydrogen (secondary N) is 3. The average molecular weight is 1100 g/mol. The number of halogens is 1. The number of imide groups is 1. The highest BCUT2D eigenvalue weighted by Gasteiger charge is 2.46. The number of phenolic OH excluding ortho intramolecular Hbond substituents is 2. The summed E-state index contributed by atoms with van der Waals surface area (Å²) in [5.74, 6) is -6.40. The summed E-state index contributed by atoms with van der Waals surface area (Å²) in [4.78, 5) is 110. The van der Waals surface area contributed by atoms with Gasteiger partial charge in [-0.05, 0) is 52.5 Å². The molecule has 3 heterocycles. The summed E-state index contributed by atoms with van der Waals surface area (Å²) in [5.41, 5.74) is -0.938. The molecule has 0 bridgehead atoms. The first kappa shape index (κ1) is 60.5. The van der Waals surface area contributed by atoms with Crippen LogP contribution in [0.25, 0.3) is 0 Å². The summed E-state index contributed by atoms with van der Waals surface area (Å²) in [7, 11) is 3.81. The Morgan fingerprint density at radius 2 is 1.69 bits per heavy atom. The van der Waals surface area contributed by atoms with Gasteiger partial charge in [0.25, 0.3) is 0 Å². The topological polar surface area (TPSA) is 289 Å². The third-order valence-corrected chi connectivity index (χ3v) is 15.8. The summed E-state index contributed by atoms with van der Waals surface area (Å²) in [5, 5.41) is 39.2. The molecule has 424 valence electrons. The van der Waals surface area contributed by atoms with Gasteiger partial charge < -0.3 is 59.9 Å². The Kier molecular flexibility index (Phi) is 21.4. The number of thioether (sulfide) groups is 1. The maximum atomic E-state index is 14.5. The van der Waals surface area contributed by atoms with E-state index in [4.69, 9.17) is 28.8 Å². The van der Waals surface area contributed by atoms with E-state index >= 15 is 0 Å². The van der Waals surface area contributed by atoms with Gasteiger partial charge in [-0.3, -0.25) is 43.3 Å². The minimum absolute atomic E-state index is 0.00547. The number of ketones is 2. The number of likely N-dealkylation sites (tertiary alicyclic amines) is 1. The zero-order valence-corrected chi connectivity index (χ0v) is 45.7. The second-order valence-electron chi connectivity index (χ2n) is 19.8. The van der Waals surface area contributed by atoms with E-state index in [2.05, 4.69) is 22.9 Å². The SMILES string of the molecule is CCCCC(C)SC1CC(=O)N(CCC(=O)NC(C)C(=O)N[C@@H](C)C(=O)N(C)CCNC(=O)C2Cc3c(O)c4c(c(O)c3[C@@H](OC3CC[C@H](OC5COCCN5F)[C@H](C)O3)C2)C(=O)c2c(OC)cccc2C4=O)C1=O.CO. The first-order chi connectivity index (χ1) is 36.7. The Bertz CT molecular complexity index is 2540. The fourth-order valence-corrected chi connectivity index (χ4v) is 11.6. The minimum atomic E-state index is -1.16. The molecule has 5 aliphatic rings. The second kappa shape index (κ2) is 27.2. The number of phenols is 2. The number of carbonyl (C=O) groups is 8. The van der Waals surface area contributed by atoms with Gasteiger partial charge in [0.2, 0.25) is 41.2 Å². The summed E-state index contributed by atoms with van der Waals surface area (Å²) in [6, 6.07) is 2.33. The Labute approximate surface area is 451 Å². The second-order valence-corrected chi connectivity index (χ2v) is 21.4.